The lowest BCUT2D eigenvalue weighted by atomic mass is 9.98. The van der Waals surface area contributed by atoms with E-state index in [2.05, 4.69) is 69.8 Å². The van der Waals surface area contributed by atoms with Crippen molar-refractivity contribution in [3.05, 3.63) is 101 Å². The highest BCUT2D eigenvalue weighted by Crippen LogP contribution is 2.30. The van der Waals surface area contributed by atoms with Gasteiger partial charge in [0.2, 0.25) is 11.7 Å². The quantitative estimate of drug-likeness (QED) is 0.318. The molecule has 0 aliphatic heterocycles. The topological polar surface area (TPSA) is 102 Å². The lowest BCUT2D eigenvalue weighted by Gasteiger charge is -2.15. The van der Waals surface area contributed by atoms with Crippen LogP contribution in [-0.2, 0) is 25.9 Å². The van der Waals surface area contributed by atoms with E-state index >= 15 is 0 Å². The summed E-state index contributed by atoms with van der Waals surface area (Å²) < 4.78 is 6.30. The van der Waals surface area contributed by atoms with E-state index in [0.717, 1.165) is 57.9 Å². The highest BCUT2D eigenvalue weighted by molar-refractivity contribution is 5.80. The van der Waals surface area contributed by atoms with E-state index in [-0.39, 0.29) is 0 Å². The summed E-state index contributed by atoms with van der Waals surface area (Å²) in [5.74, 6) is 2.00. The Morgan fingerprint density at radius 1 is 0.833 bits per heavy atom. The molecule has 0 amide bonds. The van der Waals surface area contributed by atoms with Gasteiger partial charge in [0.05, 0.1) is 5.69 Å². The summed E-state index contributed by atoms with van der Waals surface area (Å²) in [6.45, 7) is 4.58. The summed E-state index contributed by atoms with van der Waals surface area (Å²) in [5.41, 5.74) is 7.06. The third-order valence-electron chi connectivity index (χ3n) is 5.99. The van der Waals surface area contributed by atoms with Crippen molar-refractivity contribution in [3.63, 3.8) is 0 Å². The molecule has 180 valence electrons. The molecule has 8 heteroatoms. The summed E-state index contributed by atoms with van der Waals surface area (Å²) in [7, 11) is 0. The fourth-order valence-corrected chi connectivity index (χ4v) is 4.13. The van der Waals surface area contributed by atoms with Gasteiger partial charge in [0.15, 0.2) is 0 Å². The second kappa shape index (κ2) is 10.9. The number of aromatic amines is 1. The first-order valence-electron chi connectivity index (χ1n) is 12.1. The van der Waals surface area contributed by atoms with E-state index in [1.807, 2.05) is 36.4 Å². The zero-order valence-electron chi connectivity index (χ0n) is 20.3. The van der Waals surface area contributed by atoms with E-state index in [1.165, 1.54) is 0 Å². The van der Waals surface area contributed by atoms with Crippen LogP contribution in [0.1, 0.15) is 42.2 Å². The number of nitrogens with zero attached hydrogens (tertiary/aromatic N) is 6. The van der Waals surface area contributed by atoms with Crippen LogP contribution in [0.2, 0.25) is 0 Å². The van der Waals surface area contributed by atoms with Gasteiger partial charge in [0.25, 0.3) is 0 Å². The van der Waals surface area contributed by atoms with Gasteiger partial charge in [-0.2, -0.15) is 10.2 Å². The van der Waals surface area contributed by atoms with Crippen LogP contribution in [-0.4, -0.2) is 35.6 Å². The SMILES string of the molecule is CCc1nc(CC)c(Cc2ccccn2)c(OCc2ccc(-c3ccccc3-c3nn[nH]n3)cc2)n1. The maximum absolute atomic E-state index is 6.30. The van der Waals surface area contributed by atoms with E-state index in [9.17, 15) is 0 Å². The van der Waals surface area contributed by atoms with E-state index in [1.54, 1.807) is 6.20 Å². The Hall–Kier alpha value is -4.46. The first kappa shape index (κ1) is 23.3. The summed E-state index contributed by atoms with van der Waals surface area (Å²) in [6.07, 6.45) is 4.00. The molecule has 0 saturated heterocycles. The molecule has 1 N–H and O–H groups in total. The standard InChI is InChI=1S/C28H27N7O/c1-3-25-24(17-21-9-7-8-16-29-21)28(31-26(4-2)30-25)36-18-19-12-14-20(15-13-19)22-10-5-6-11-23(22)27-32-34-35-33-27/h5-16H,3-4,17-18H2,1-2H3,(H,32,33,34,35). The second-order valence-electron chi connectivity index (χ2n) is 8.34. The number of rotatable bonds is 9. The normalized spacial score (nSPS) is 10.9. The third-order valence-corrected chi connectivity index (χ3v) is 5.99. The molecule has 36 heavy (non-hydrogen) atoms. The van der Waals surface area contributed by atoms with Gasteiger partial charge in [-0.1, -0.05) is 68.4 Å². The van der Waals surface area contributed by atoms with E-state index in [0.29, 0.717) is 24.7 Å². The van der Waals surface area contributed by atoms with Crippen LogP contribution in [0.4, 0.5) is 0 Å². The van der Waals surface area contributed by atoms with Crippen LogP contribution in [0.3, 0.4) is 0 Å². The lowest BCUT2D eigenvalue weighted by Crippen LogP contribution is -2.10. The zero-order chi connectivity index (χ0) is 24.7. The summed E-state index contributed by atoms with van der Waals surface area (Å²) in [5, 5.41) is 14.5. The summed E-state index contributed by atoms with van der Waals surface area (Å²) in [4.78, 5) is 14.0. The van der Waals surface area contributed by atoms with Crippen molar-refractivity contribution in [2.24, 2.45) is 0 Å². The molecule has 3 heterocycles. The molecule has 8 nitrogen and oxygen atoms in total. The Balaban J connectivity index is 1.38. The number of pyridine rings is 1. The second-order valence-corrected chi connectivity index (χ2v) is 8.34. The Kier molecular flexibility index (Phi) is 7.02. The van der Waals surface area contributed by atoms with Crippen molar-refractivity contribution in [1.82, 2.24) is 35.6 Å². The number of H-pyrrole nitrogens is 1. The van der Waals surface area contributed by atoms with Gasteiger partial charge in [0.1, 0.15) is 12.4 Å². The predicted molar refractivity (Wildman–Crippen MR) is 137 cm³/mol. The molecule has 5 aromatic rings. The van der Waals surface area contributed by atoms with Gasteiger partial charge < -0.3 is 4.74 Å². The number of benzene rings is 2. The molecular formula is C28H27N7O. The van der Waals surface area contributed by atoms with E-state index in [4.69, 9.17) is 14.7 Å². The summed E-state index contributed by atoms with van der Waals surface area (Å²) in [6, 6.07) is 22.3. The average molecular weight is 478 g/mol. The largest absolute Gasteiger partial charge is 0.472 e. The molecule has 5 rings (SSSR count). The minimum absolute atomic E-state index is 0.408. The first-order valence-corrected chi connectivity index (χ1v) is 12.1. The number of ether oxygens (including phenoxy) is 1. The smallest absolute Gasteiger partial charge is 0.220 e. The Bertz CT molecular complexity index is 1420. The molecular weight excluding hydrogens is 450 g/mol. The highest BCUT2D eigenvalue weighted by Gasteiger charge is 2.16. The van der Waals surface area contributed by atoms with Crippen molar-refractivity contribution in [1.29, 1.82) is 0 Å². The first-order chi connectivity index (χ1) is 17.7. The number of hydrogen-bond acceptors (Lipinski definition) is 7. The van der Waals surface area contributed by atoms with Crippen LogP contribution in [0, 0.1) is 0 Å². The molecule has 2 aromatic carbocycles. The molecule has 0 unspecified atom stereocenters. The molecule has 0 radical (unpaired) electrons. The van der Waals surface area contributed by atoms with E-state index < -0.39 is 0 Å². The molecule has 0 saturated carbocycles. The third kappa shape index (κ3) is 5.12. The maximum atomic E-state index is 6.30. The number of hydrogen-bond donors (Lipinski definition) is 1. The van der Waals surface area contributed by atoms with Crippen LogP contribution < -0.4 is 4.74 Å². The van der Waals surface area contributed by atoms with Gasteiger partial charge in [-0.3, -0.25) is 4.98 Å². The summed E-state index contributed by atoms with van der Waals surface area (Å²) >= 11 is 0. The number of aromatic nitrogens is 7. The minimum Gasteiger partial charge on any atom is -0.472 e. The van der Waals surface area contributed by atoms with Crippen LogP contribution >= 0.6 is 0 Å². The van der Waals surface area contributed by atoms with Gasteiger partial charge in [-0.15, -0.1) is 10.2 Å². The number of aryl methyl sites for hydroxylation is 2. The van der Waals surface area contributed by atoms with Gasteiger partial charge in [-0.05, 0) is 40.5 Å². The van der Waals surface area contributed by atoms with Crippen molar-refractivity contribution < 1.29 is 4.74 Å². The zero-order valence-corrected chi connectivity index (χ0v) is 20.3. The molecule has 0 spiro atoms. The van der Waals surface area contributed by atoms with Crippen molar-refractivity contribution >= 4 is 0 Å². The Morgan fingerprint density at radius 3 is 2.33 bits per heavy atom. The minimum atomic E-state index is 0.408. The fourth-order valence-electron chi connectivity index (χ4n) is 4.13. The van der Waals surface area contributed by atoms with Gasteiger partial charge >= 0.3 is 0 Å². The molecule has 0 fully saturated rings. The van der Waals surface area contributed by atoms with Gasteiger partial charge in [-0.25, -0.2) is 4.98 Å². The Morgan fingerprint density at radius 2 is 1.64 bits per heavy atom. The molecule has 3 aromatic heterocycles. The molecule has 0 aliphatic rings. The van der Waals surface area contributed by atoms with Crippen LogP contribution in [0.5, 0.6) is 5.88 Å². The molecule has 0 bridgehead atoms. The predicted octanol–water partition coefficient (Wildman–Crippen LogP) is 5.01. The number of tetrazole rings is 1. The van der Waals surface area contributed by atoms with Crippen molar-refractivity contribution in [3.8, 4) is 28.4 Å². The Labute approximate surface area is 209 Å². The lowest BCUT2D eigenvalue weighted by molar-refractivity contribution is 0.288. The number of nitrogens with one attached hydrogen (secondary N) is 1. The van der Waals surface area contributed by atoms with Crippen molar-refractivity contribution in [2.75, 3.05) is 0 Å². The van der Waals surface area contributed by atoms with Crippen LogP contribution in [0.25, 0.3) is 22.5 Å². The fraction of sp³-hybridized carbons (Fsp3) is 0.214. The monoisotopic (exact) mass is 477 g/mol. The van der Waals surface area contributed by atoms with Crippen molar-refractivity contribution in [2.45, 2.75) is 39.7 Å². The molecule has 0 atom stereocenters. The van der Waals surface area contributed by atoms with Gasteiger partial charge in [0, 0.05) is 35.9 Å². The maximum Gasteiger partial charge on any atom is 0.220 e. The highest BCUT2D eigenvalue weighted by atomic mass is 16.5. The molecule has 0 aliphatic carbocycles. The average Bonchev–Trinajstić information content (AvgIpc) is 3.48. The van der Waals surface area contributed by atoms with Crippen LogP contribution in [0.15, 0.2) is 72.9 Å².